The molecule has 0 unspecified atom stereocenters. The van der Waals surface area contributed by atoms with Crippen LogP contribution < -0.4 is 5.32 Å². The van der Waals surface area contributed by atoms with Gasteiger partial charge in [-0.25, -0.2) is 0 Å². The van der Waals surface area contributed by atoms with Crippen LogP contribution in [0.15, 0.2) is 24.3 Å². The molecule has 2 rings (SSSR count). The summed E-state index contributed by atoms with van der Waals surface area (Å²) in [5.74, 6) is 0.122. The van der Waals surface area contributed by atoms with Crippen LogP contribution in [-0.4, -0.2) is 22.2 Å². The van der Waals surface area contributed by atoms with Gasteiger partial charge in [0.25, 0.3) is 0 Å². The number of hydrogen-bond donors (Lipinski definition) is 1. The Labute approximate surface area is 138 Å². The Morgan fingerprint density at radius 2 is 2.00 bits per heavy atom. The second kappa shape index (κ2) is 7.95. The summed E-state index contributed by atoms with van der Waals surface area (Å²) in [5.41, 5.74) is 5.99. The second-order valence-corrected chi connectivity index (χ2v) is 6.22. The van der Waals surface area contributed by atoms with Crippen molar-refractivity contribution in [2.75, 3.05) is 6.54 Å². The third-order valence-electron chi connectivity index (χ3n) is 4.31. The lowest BCUT2D eigenvalue weighted by molar-refractivity contribution is -0.121. The summed E-state index contributed by atoms with van der Waals surface area (Å²) >= 11 is 0. The van der Waals surface area contributed by atoms with Crippen LogP contribution in [0.3, 0.4) is 0 Å². The van der Waals surface area contributed by atoms with Gasteiger partial charge in [-0.3, -0.25) is 9.48 Å². The number of aryl methyl sites for hydroxylation is 4. The summed E-state index contributed by atoms with van der Waals surface area (Å²) in [6.45, 7) is 6.89. The normalized spacial score (nSPS) is 10.8. The number of rotatable bonds is 7. The monoisotopic (exact) mass is 313 g/mol. The van der Waals surface area contributed by atoms with Crippen molar-refractivity contribution >= 4 is 5.91 Å². The van der Waals surface area contributed by atoms with E-state index in [1.807, 2.05) is 18.7 Å². The Kier molecular flexibility index (Phi) is 5.97. The van der Waals surface area contributed by atoms with Gasteiger partial charge in [-0.2, -0.15) is 5.10 Å². The molecule has 0 aliphatic rings. The van der Waals surface area contributed by atoms with Gasteiger partial charge in [-0.05, 0) is 51.2 Å². The van der Waals surface area contributed by atoms with Crippen molar-refractivity contribution in [2.24, 2.45) is 7.05 Å². The fraction of sp³-hybridized carbons (Fsp3) is 0.474. The Morgan fingerprint density at radius 1 is 1.22 bits per heavy atom. The van der Waals surface area contributed by atoms with Gasteiger partial charge in [-0.15, -0.1) is 0 Å². The first kappa shape index (κ1) is 17.3. The third-order valence-corrected chi connectivity index (χ3v) is 4.31. The van der Waals surface area contributed by atoms with Crippen molar-refractivity contribution in [1.29, 1.82) is 0 Å². The molecule has 4 heteroatoms. The number of nitrogens with one attached hydrogen (secondary N) is 1. The maximum absolute atomic E-state index is 12.0. The number of hydrogen-bond acceptors (Lipinski definition) is 2. The van der Waals surface area contributed by atoms with Crippen molar-refractivity contribution in [3.63, 3.8) is 0 Å². The fourth-order valence-electron chi connectivity index (χ4n) is 2.89. The van der Waals surface area contributed by atoms with Crippen LogP contribution in [0.1, 0.15) is 40.9 Å². The van der Waals surface area contributed by atoms with E-state index in [1.54, 1.807) is 0 Å². The van der Waals surface area contributed by atoms with Crippen LogP contribution in [-0.2, 0) is 24.7 Å². The standard InChI is InChI=1S/C19H27N3O/c1-14-7-5-8-17(13-14)9-6-12-20-19(23)11-10-18-15(2)21-22(4)16(18)3/h5,7-8,13H,6,9-12H2,1-4H3,(H,20,23). The van der Waals surface area contributed by atoms with E-state index in [0.717, 1.165) is 37.2 Å². The minimum atomic E-state index is 0.122. The summed E-state index contributed by atoms with van der Waals surface area (Å²) in [6.07, 6.45) is 3.26. The number of nitrogens with zero attached hydrogens (tertiary/aromatic N) is 2. The van der Waals surface area contributed by atoms with E-state index in [-0.39, 0.29) is 5.91 Å². The molecule has 2 aromatic rings. The number of carbonyl (C=O) groups excluding carboxylic acids is 1. The van der Waals surface area contributed by atoms with Gasteiger partial charge in [0.2, 0.25) is 5.91 Å². The second-order valence-electron chi connectivity index (χ2n) is 6.22. The van der Waals surface area contributed by atoms with Gasteiger partial charge >= 0.3 is 0 Å². The lowest BCUT2D eigenvalue weighted by Crippen LogP contribution is -2.25. The number of benzene rings is 1. The van der Waals surface area contributed by atoms with E-state index < -0.39 is 0 Å². The van der Waals surface area contributed by atoms with Crippen LogP contribution >= 0.6 is 0 Å². The fourth-order valence-corrected chi connectivity index (χ4v) is 2.89. The first-order valence-corrected chi connectivity index (χ1v) is 8.28. The Bertz CT molecular complexity index is 673. The van der Waals surface area contributed by atoms with E-state index >= 15 is 0 Å². The zero-order valence-corrected chi connectivity index (χ0v) is 14.6. The summed E-state index contributed by atoms with van der Waals surface area (Å²) in [4.78, 5) is 12.0. The average molecular weight is 313 g/mol. The molecule has 0 saturated heterocycles. The molecule has 1 aromatic heterocycles. The highest BCUT2D eigenvalue weighted by Crippen LogP contribution is 2.13. The van der Waals surface area contributed by atoms with Crippen LogP contribution in [0.2, 0.25) is 0 Å². The van der Waals surface area contributed by atoms with E-state index in [9.17, 15) is 4.79 Å². The third kappa shape index (κ3) is 4.95. The molecule has 1 aromatic carbocycles. The molecule has 0 spiro atoms. The van der Waals surface area contributed by atoms with Gasteiger partial charge in [0.15, 0.2) is 0 Å². The molecule has 1 heterocycles. The number of carbonyl (C=O) groups is 1. The minimum absolute atomic E-state index is 0.122. The molecule has 23 heavy (non-hydrogen) atoms. The molecular formula is C19H27N3O. The molecule has 0 radical (unpaired) electrons. The van der Waals surface area contributed by atoms with Crippen LogP contribution in [0.4, 0.5) is 0 Å². The van der Waals surface area contributed by atoms with Gasteiger partial charge in [0.1, 0.15) is 0 Å². The Morgan fingerprint density at radius 3 is 2.65 bits per heavy atom. The summed E-state index contributed by atoms with van der Waals surface area (Å²) in [7, 11) is 1.94. The maximum Gasteiger partial charge on any atom is 0.220 e. The molecule has 0 fully saturated rings. The summed E-state index contributed by atoms with van der Waals surface area (Å²) < 4.78 is 1.88. The lowest BCUT2D eigenvalue weighted by Gasteiger charge is -2.06. The minimum Gasteiger partial charge on any atom is -0.356 e. The maximum atomic E-state index is 12.0. The van der Waals surface area contributed by atoms with Crippen LogP contribution in [0.25, 0.3) is 0 Å². The quantitative estimate of drug-likeness (QED) is 0.799. The largest absolute Gasteiger partial charge is 0.356 e. The zero-order valence-electron chi connectivity index (χ0n) is 14.6. The van der Waals surface area contributed by atoms with Gasteiger partial charge in [-0.1, -0.05) is 29.8 Å². The van der Waals surface area contributed by atoms with Crippen molar-refractivity contribution in [3.8, 4) is 0 Å². The average Bonchev–Trinajstić information content (AvgIpc) is 2.75. The predicted molar refractivity (Wildman–Crippen MR) is 93.5 cm³/mol. The van der Waals surface area contributed by atoms with Crippen molar-refractivity contribution in [3.05, 3.63) is 52.3 Å². The SMILES string of the molecule is Cc1cccc(CCCNC(=O)CCc2c(C)nn(C)c2C)c1. The van der Waals surface area contributed by atoms with Crippen molar-refractivity contribution in [2.45, 2.75) is 46.5 Å². The lowest BCUT2D eigenvalue weighted by atomic mass is 10.1. The molecule has 1 amide bonds. The molecule has 0 atom stereocenters. The summed E-state index contributed by atoms with van der Waals surface area (Å²) in [5, 5.41) is 7.41. The first-order valence-electron chi connectivity index (χ1n) is 8.28. The molecule has 0 bridgehead atoms. The summed E-state index contributed by atoms with van der Waals surface area (Å²) in [6, 6.07) is 8.54. The molecule has 1 N–H and O–H groups in total. The highest BCUT2D eigenvalue weighted by Gasteiger charge is 2.11. The first-order chi connectivity index (χ1) is 11.0. The van der Waals surface area contributed by atoms with E-state index in [4.69, 9.17) is 0 Å². The van der Waals surface area contributed by atoms with Crippen molar-refractivity contribution in [1.82, 2.24) is 15.1 Å². The van der Waals surface area contributed by atoms with Crippen molar-refractivity contribution < 1.29 is 4.79 Å². The van der Waals surface area contributed by atoms with Crippen LogP contribution in [0.5, 0.6) is 0 Å². The number of amides is 1. The van der Waals surface area contributed by atoms with Gasteiger partial charge in [0, 0.05) is 25.7 Å². The highest BCUT2D eigenvalue weighted by atomic mass is 16.1. The van der Waals surface area contributed by atoms with Crippen LogP contribution in [0, 0.1) is 20.8 Å². The Balaban J connectivity index is 1.69. The van der Waals surface area contributed by atoms with Gasteiger partial charge < -0.3 is 5.32 Å². The molecular weight excluding hydrogens is 286 g/mol. The predicted octanol–water partition coefficient (Wildman–Crippen LogP) is 3.03. The zero-order chi connectivity index (χ0) is 16.8. The van der Waals surface area contributed by atoms with E-state index in [0.29, 0.717) is 6.42 Å². The van der Waals surface area contributed by atoms with E-state index in [1.165, 1.54) is 16.7 Å². The Hall–Kier alpha value is -2.10. The smallest absolute Gasteiger partial charge is 0.220 e. The molecule has 0 aliphatic carbocycles. The molecule has 0 saturated carbocycles. The topological polar surface area (TPSA) is 46.9 Å². The van der Waals surface area contributed by atoms with E-state index in [2.05, 4.69) is 48.5 Å². The molecule has 4 nitrogen and oxygen atoms in total. The number of aromatic nitrogens is 2. The van der Waals surface area contributed by atoms with Gasteiger partial charge in [0.05, 0.1) is 5.69 Å². The highest BCUT2D eigenvalue weighted by molar-refractivity contribution is 5.76. The molecule has 0 aliphatic heterocycles. The molecule has 124 valence electrons.